The Balaban J connectivity index is 2.13. The van der Waals surface area contributed by atoms with E-state index in [2.05, 4.69) is 0 Å². The normalized spacial score (nSPS) is 20.9. The molecule has 2 N–H and O–H groups in total. The van der Waals surface area contributed by atoms with Gasteiger partial charge in [-0.1, -0.05) is 0 Å². The van der Waals surface area contributed by atoms with Crippen molar-refractivity contribution in [3.63, 3.8) is 0 Å². The third-order valence-corrected chi connectivity index (χ3v) is 4.41. The topological polar surface area (TPSA) is 81.9 Å². The summed E-state index contributed by atoms with van der Waals surface area (Å²) in [5.74, 6) is 0.560. The van der Waals surface area contributed by atoms with Crippen molar-refractivity contribution >= 4 is 17.9 Å². The number of amides is 2. The summed E-state index contributed by atoms with van der Waals surface area (Å²) in [6.07, 6.45) is 4.72. The molecule has 2 rings (SSSR count). The van der Waals surface area contributed by atoms with Gasteiger partial charge in [0.15, 0.2) is 0 Å². The van der Waals surface area contributed by atoms with Gasteiger partial charge in [0.05, 0.1) is 20.1 Å². The number of ether oxygens (including phenoxy) is 2. The zero-order chi connectivity index (χ0) is 17.7. The molecule has 2 amide bonds. The smallest absolute Gasteiger partial charge is 0.246 e. The van der Waals surface area contributed by atoms with Crippen LogP contribution in [-0.2, 0) is 9.59 Å². The second-order valence-electron chi connectivity index (χ2n) is 5.96. The van der Waals surface area contributed by atoms with Crippen LogP contribution >= 0.6 is 0 Å². The number of likely N-dealkylation sites (tertiary alicyclic amines) is 1. The van der Waals surface area contributed by atoms with Crippen molar-refractivity contribution in [1.82, 2.24) is 4.90 Å². The molecule has 0 unspecified atom stereocenters. The Morgan fingerprint density at radius 1 is 1.25 bits per heavy atom. The lowest BCUT2D eigenvalue weighted by atomic mass is 9.93. The highest BCUT2D eigenvalue weighted by Crippen LogP contribution is 2.26. The summed E-state index contributed by atoms with van der Waals surface area (Å²) in [7, 11) is 3.15. The number of methoxy groups -OCH3 is 2. The average molecular weight is 332 g/mol. The van der Waals surface area contributed by atoms with Crippen molar-refractivity contribution in [2.24, 2.45) is 11.7 Å². The van der Waals surface area contributed by atoms with Gasteiger partial charge in [0, 0.05) is 30.3 Å². The first-order chi connectivity index (χ1) is 11.5. The molecule has 130 valence electrons. The first-order valence-electron chi connectivity index (χ1n) is 7.96. The molecule has 0 aromatic heterocycles. The molecule has 1 saturated heterocycles. The van der Waals surface area contributed by atoms with E-state index < -0.39 is 0 Å². The molecule has 2 atom stereocenters. The predicted octanol–water partition coefficient (Wildman–Crippen LogP) is 1.83. The van der Waals surface area contributed by atoms with E-state index in [4.69, 9.17) is 15.2 Å². The first-order valence-corrected chi connectivity index (χ1v) is 7.96. The molecule has 1 aliphatic rings. The Kier molecular flexibility index (Phi) is 5.84. The summed E-state index contributed by atoms with van der Waals surface area (Å²) in [5, 5.41) is 0. The van der Waals surface area contributed by atoms with Gasteiger partial charge in [-0.2, -0.15) is 0 Å². The van der Waals surface area contributed by atoms with Crippen LogP contribution in [0.1, 0.15) is 25.3 Å². The number of rotatable bonds is 5. The quantitative estimate of drug-likeness (QED) is 0.834. The third kappa shape index (κ3) is 4.07. The summed E-state index contributed by atoms with van der Waals surface area (Å²) < 4.78 is 10.5. The molecule has 1 aliphatic heterocycles. The zero-order valence-corrected chi connectivity index (χ0v) is 14.3. The van der Waals surface area contributed by atoms with Crippen LogP contribution in [0.5, 0.6) is 11.5 Å². The minimum atomic E-state index is -0.347. The van der Waals surface area contributed by atoms with Gasteiger partial charge in [-0.05, 0) is 38.0 Å². The number of nitrogens with two attached hydrogens (primary N) is 1. The van der Waals surface area contributed by atoms with E-state index in [1.807, 2.05) is 13.0 Å². The van der Waals surface area contributed by atoms with Crippen molar-refractivity contribution in [3.05, 3.63) is 29.8 Å². The van der Waals surface area contributed by atoms with Crippen LogP contribution in [0, 0.1) is 5.92 Å². The van der Waals surface area contributed by atoms with Crippen LogP contribution in [0.15, 0.2) is 24.3 Å². The van der Waals surface area contributed by atoms with Crippen LogP contribution in [0.3, 0.4) is 0 Å². The molecule has 1 fully saturated rings. The molecular formula is C18H24N2O4. The number of carbonyl (C=O) groups is 2. The van der Waals surface area contributed by atoms with Crippen molar-refractivity contribution in [2.45, 2.75) is 25.8 Å². The van der Waals surface area contributed by atoms with E-state index >= 15 is 0 Å². The molecule has 0 radical (unpaired) electrons. The maximum Gasteiger partial charge on any atom is 0.246 e. The lowest BCUT2D eigenvalue weighted by Gasteiger charge is -2.36. The minimum absolute atomic E-state index is 0.0931. The van der Waals surface area contributed by atoms with Crippen molar-refractivity contribution in [1.29, 1.82) is 0 Å². The van der Waals surface area contributed by atoms with Gasteiger partial charge in [-0.15, -0.1) is 0 Å². The molecule has 0 spiro atoms. The average Bonchev–Trinajstić information content (AvgIpc) is 2.59. The Bertz CT molecular complexity index is 642. The van der Waals surface area contributed by atoms with Crippen LogP contribution in [0.25, 0.3) is 6.08 Å². The monoisotopic (exact) mass is 332 g/mol. The molecule has 1 aromatic rings. The van der Waals surface area contributed by atoms with Crippen molar-refractivity contribution < 1.29 is 19.1 Å². The van der Waals surface area contributed by atoms with Gasteiger partial charge < -0.3 is 20.1 Å². The van der Waals surface area contributed by atoms with E-state index in [0.29, 0.717) is 18.0 Å². The van der Waals surface area contributed by atoms with Crippen LogP contribution in [0.4, 0.5) is 0 Å². The maximum absolute atomic E-state index is 12.5. The highest BCUT2D eigenvalue weighted by atomic mass is 16.5. The van der Waals surface area contributed by atoms with Gasteiger partial charge in [0.2, 0.25) is 11.8 Å². The van der Waals surface area contributed by atoms with Crippen molar-refractivity contribution in [3.8, 4) is 11.5 Å². The van der Waals surface area contributed by atoms with E-state index in [-0.39, 0.29) is 23.8 Å². The fourth-order valence-corrected chi connectivity index (χ4v) is 2.86. The van der Waals surface area contributed by atoms with E-state index in [1.165, 1.54) is 6.08 Å². The summed E-state index contributed by atoms with van der Waals surface area (Å²) in [6, 6.07) is 5.49. The third-order valence-electron chi connectivity index (χ3n) is 4.41. The molecule has 6 heteroatoms. The summed E-state index contributed by atoms with van der Waals surface area (Å²) >= 11 is 0. The second kappa shape index (κ2) is 7.86. The molecule has 24 heavy (non-hydrogen) atoms. The van der Waals surface area contributed by atoms with Gasteiger partial charge in [0.1, 0.15) is 11.5 Å². The van der Waals surface area contributed by atoms with E-state index in [1.54, 1.807) is 37.3 Å². The Morgan fingerprint density at radius 3 is 2.62 bits per heavy atom. The highest BCUT2D eigenvalue weighted by molar-refractivity contribution is 5.93. The molecule has 0 saturated carbocycles. The fraction of sp³-hybridized carbons (Fsp3) is 0.444. The predicted molar refractivity (Wildman–Crippen MR) is 91.7 cm³/mol. The number of benzene rings is 1. The highest BCUT2D eigenvalue weighted by Gasteiger charge is 2.30. The molecule has 0 aliphatic carbocycles. The van der Waals surface area contributed by atoms with Crippen LogP contribution in [0.2, 0.25) is 0 Å². The van der Waals surface area contributed by atoms with E-state index in [0.717, 1.165) is 18.4 Å². The standard InChI is InChI=1S/C18H24N2O4/c1-12-4-5-14(18(19)22)11-20(12)17(21)9-7-13-6-8-15(23-2)10-16(13)24-3/h6-10,12,14H,4-5,11H2,1-3H3,(H2,19,22)/b9-7+/t12-,14+/m0/s1. The molecule has 0 bridgehead atoms. The number of piperidine rings is 1. The first kappa shape index (κ1) is 17.8. The number of hydrogen-bond donors (Lipinski definition) is 1. The lowest BCUT2D eigenvalue weighted by molar-refractivity contribution is -0.133. The number of primary amides is 1. The Labute approximate surface area is 142 Å². The largest absolute Gasteiger partial charge is 0.497 e. The summed E-state index contributed by atoms with van der Waals surface area (Å²) in [5.41, 5.74) is 6.16. The second-order valence-corrected chi connectivity index (χ2v) is 5.96. The van der Waals surface area contributed by atoms with Gasteiger partial charge >= 0.3 is 0 Å². The Morgan fingerprint density at radius 2 is 2.00 bits per heavy atom. The molecule has 1 heterocycles. The zero-order valence-electron chi connectivity index (χ0n) is 14.3. The summed E-state index contributed by atoms with van der Waals surface area (Å²) in [4.78, 5) is 25.6. The van der Waals surface area contributed by atoms with Crippen LogP contribution in [-0.4, -0.2) is 43.5 Å². The summed E-state index contributed by atoms with van der Waals surface area (Å²) in [6.45, 7) is 2.36. The Hall–Kier alpha value is -2.50. The fourth-order valence-electron chi connectivity index (χ4n) is 2.86. The van der Waals surface area contributed by atoms with Gasteiger partial charge in [0.25, 0.3) is 0 Å². The molecule has 1 aromatic carbocycles. The van der Waals surface area contributed by atoms with Crippen molar-refractivity contribution in [2.75, 3.05) is 20.8 Å². The van der Waals surface area contributed by atoms with Crippen LogP contribution < -0.4 is 15.2 Å². The molecular weight excluding hydrogens is 308 g/mol. The maximum atomic E-state index is 12.5. The number of hydrogen-bond acceptors (Lipinski definition) is 4. The molecule has 6 nitrogen and oxygen atoms in total. The number of nitrogens with zero attached hydrogens (tertiary/aromatic N) is 1. The minimum Gasteiger partial charge on any atom is -0.497 e. The SMILES string of the molecule is COc1ccc(/C=C/C(=O)N2C[C@H](C(N)=O)CC[C@@H]2C)c(OC)c1. The lowest BCUT2D eigenvalue weighted by Crippen LogP contribution is -2.48. The van der Waals surface area contributed by atoms with Gasteiger partial charge in [-0.25, -0.2) is 0 Å². The number of carbonyl (C=O) groups excluding carboxylic acids is 2. The van der Waals surface area contributed by atoms with E-state index in [9.17, 15) is 9.59 Å². The van der Waals surface area contributed by atoms with Gasteiger partial charge in [-0.3, -0.25) is 9.59 Å².